The van der Waals surface area contributed by atoms with Gasteiger partial charge in [-0.1, -0.05) is 29.8 Å². The number of benzene rings is 1. The second-order valence-corrected chi connectivity index (χ2v) is 6.32. The molecule has 2 aliphatic rings. The minimum absolute atomic E-state index is 0.192. The molecule has 24 heavy (non-hydrogen) atoms. The fourth-order valence-electron chi connectivity index (χ4n) is 3.57. The molecule has 0 saturated heterocycles. The van der Waals surface area contributed by atoms with Gasteiger partial charge in [0.1, 0.15) is 5.60 Å². The Morgan fingerprint density at radius 3 is 2.92 bits per heavy atom. The van der Waals surface area contributed by atoms with Crippen molar-refractivity contribution in [2.75, 3.05) is 6.61 Å². The number of nitriles is 1. The topological polar surface area (TPSA) is 86.1 Å². The van der Waals surface area contributed by atoms with Gasteiger partial charge in [-0.15, -0.1) is 0 Å². The predicted molar refractivity (Wildman–Crippen MR) is 88.8 cm³/mol. The quantitative estimate of drug-likeness (QED) is 0.896. The fraction of sp³-hybridized carbons (Fsp3) is 0.222. The van der Waals surface area contributed by atoms with Crippen LogP contribution in [0.2, 0.25) is 5.02 Å². The number of halogens is 1. The van der Waals surface area contributed by atoms with E-state index in [1.165, 1.54) is 0 Å². The Morgan fingerprint density at radius 2 is 2.29 bits per heavy atom. The highest BCUT2D eigenvalue weighted by Gasteiger charge is 2.45. The van der Waals surface area contributed by atoms with Crippen LogP contribution in [0, 0.1) is 11.3 Å². The maximum Gasteiger partial charge on any atom is 0.307 e. The molecule has 2 aromatic rings. The largest absolute Gasteiger partial charge is 0.481 e. The number of allylic oxidation sites excluding steroid dienone is 2. The third kappa shape index (κ3) is 1.94. The summed E-state index contributed by atoms with van der Waals surface area (Å²) in [7, 11) is 0. The van der Waals surface area contributed by atoms with E-state index in [0.717, 1.165) is 16.5 Å². The lowest BCUT2D eigenvalue weighted by atomic mass is 9.79. The summed E-state index contributed by atoms with van der Waals surface area (Å²) in [4.78, 5) is 14.8. The van der Waals surface area contributed by atoms with E-state index in [1.807, 2.05) is 18.2 Å². The highest BCUT2D eigenvalue weighted by Crippen LogP contribution is 2.47. The molecule has 2 heterocycles. The number of hydrogen-bond donors (Lipinski definition) is 2. The number of aromatic nitrogens is 1. The van der Waals surface area contributed by atoms with Crippen LogP contribution in [0.4, 0.5) is 0 Å². The lowest BCUT2D eigenvalue weighted by Gasteiger charge is -2.39. The Morgan fingerprint density at radius 1 is 1.50 bits per heavy atom. The summed E-state index contributed by atoms with van der Waals surface area (Å²) < 4.78 is 5.99. The number of nitrogens with one attached hydrogen (secondary N) is 1. The Hall–Kier alpha value is -2.55. The Balaban J connectivity index is 2.04. The number of carbonyl (C=O) groups is 1. The van der Waals surface area contributed by atoms with Crippen molar-refractivity contribution in [1.29, 1.82) is 5.26 Å². The number of aliphatic carboxylic acids is 1. The van der Waals surface area contributed by atoms with Crippen molar-refractivity contribution in [2.45, 2.75) is 18.4 Å². The second kappa shape index (κ2) is 5.23. The lowest BCUT2D eigenvalue weighted by molar-refractivity contribution is -0.145. The van der Waals surface area contributed by atoms with Crippen molar-refractivity contribution in [3.63, 3.8) is 0 Å². The van der Waals surface area contributed by atoms with E-state index in [1.54, 1.807) is 12.1 Å². The number of hydrogen-bond acceptors (Lipinski definition) is 3. The average Bonchev–Trinajstić information content (AvgIpc) is 2.88. The summed E-state index contributed by atoms with van der Waals surface area (Å²) in [5.74, 6) is -0.950. The maximum absolute atomic E-state index is 11.5. The first-order valence-corrected chi connectivity index (χ1v) is 7.93. The summed E-state index contributed by atoms with van der Waals surface area (Å²) in [6.45, 7) is 0.385. The molecule has 1 aromatic heterocycles. The van der Waals surface area contributed by atoms with Crippen LogP contribution in [0.15, 0.2) is 35.9 Å². The number of H-pyrrole nitrogens is 1. The molecule has 120 valence electrons. The van der Waals surface area contributed by atoms with Crippen molar-refractivity contribution in [1.82, 2.24) is 4.98 Å². The van der Waals surface area contributed by atoms with Gasteiger partial charge in [0.2, 0.25) is 0 Å². The first-order chi connectivity index (χ1) is 11.6. The van der Waals surface area contributed by atoms with Crippen molar-refractivity contribution in [3.8, 4) is 6.07 Å². The third-order valence-corrected chi connectivity index (χ3v) is 4.97. The van der Waals surface area contributed by atoms with E-state index in [9.17, 15) is 15.2 Å². The molecule has 1 aliphatic carbocycles. The van der Waals surface area contributed by atoms with Gasteiger partial charge < -0.3 is 14.8 Å². The van der Waals surface area contributed by atoms with Gasteiger partial charge in [-0.2, -0.15) is 5.26 Å². The Bertz CT molecular complexity index is 980. The maximum atomic E-state index is 11.5. The van der Waals surface area contributed by atoms with E-state index >= 15 is 0 Å². The van der Waals surface area contributed by atoms with Crippen molar-refractivity contribution in [3.05, 3.63) is 57.8 Å². The minimum Gasteiger partial charge on any atom is -0.481 e. The van der Waals surface area contributed by atoms with Crippen LogP contribution in [0.3, 0.4) is 0 Å². The standard InChI is InChI=1S/C18H13ClN2O3/c19-13-5-4-10(9-20)15-12-6-7-24-18(8-14(22)23,11-2-1-3-11)17(12)21-16(13)15/h1-5,21H,6-8H2,(H,22,23). The van der Waals surface area contributed by atoms with Gasteiger partial charge in [0.15, 0.2) is 0 Å². The van der Waals surface area contributed by atoms with Gasteiger partial charge in [0, 0.05) is 5.39 Å². The summed E-state index contributed by atoms with van der Waals surface area (Å²) in [6.07, 6.45) is 5.98. The number of nitrogens with zero attached hydrogens (tertiary/aromatic N) is 1. The van der Waals surface area contributed by atoms with Crippen molar-refractivity contribution in [2.24, 2.45) is 0 Å². The predicted octanol–water partition coefficient (Wildman–Crippen LogP) is 3.43. The molecule has 0 spiro atoms. The molecule has 0 bridgehead atoms. The molecule has 1 aromatic carbocycles. The number of rotatable bonds is 3. The molecule has 1 atom stereocenters. The molecule has 0 fully saturated rings. The van der Waals surface area contributed by atoms with Crippen LogP contribution in [0.5, 0.6) is 0 Å². The molecular weight excluding hydrogens is 328 g/mol. The molecular formula is C18H13ClN2O3. The molecule has 0 amide bonds. The molecule has 0 saturated carbocycles. The van der Waals surface area contributed by atoms with Gasteiger partial charge in [-0.05, 0) is 29.7 Å². The summed E-state index contributed by atoms with van der Waals surface area (Å²) in [5.41, 5.74) is 2.53. The van der Waals surface area contributed by atoms with E-state index in [2.05, 4.69) is 11.1 Å². The zero-order chi connectivity index (χ0) is 16.9. The molecule has 4 rings (SSSR count). The van der Waals surface area contributed by atoms with Crippen molar-refractivity contribution < 1.29 is 14.6 Å². The Kier molecular flexibility index (Phi) is 3.27. The highest BCUT2D eigenvalue weighted by atomic mass is 35.5. The van der Waals surface area contributed by atoms with Gasteiger partial charge in [0.25, 0.3) is 0 Å². The summed E-state index contributed by atoms with van der Waals surface area (Å²) in [5, 5.41) is 20.1. The summed E-state index contributed by atoms with van der Waals surface area (Å²) in [6, 6.07) is 5.56. The SMILES string of the molecule is N#Cc1ccc(Cl)c2[nH]c3c(c12)CCOC3(CC(=O)O)C1=CC=C1. The van der Waals surface area contributed by atoms with Crippen LogP contribution in [0.25, 0.3) is 10.9 Å². The van der Waals surface area contributed by atoms with Gasteiger partial charge in [-0.3, -0.25) is 4.79 Å². The first kappa shape index (κ1) is 15.0. The molecule has 1 unspecified atom stereocenters. The van der Waals surface area contributed by atoms with Crippen LogP contribution in [-0.2, 0) is 21.6 Å². The van der Waals surface area contributed by atoms with Crippen LogP contribution in [0.1, 0.15) is 23.2 Å². The van der Waals surface area contributed by atoms with Crippen molar-refractivity contribution >= 4 is 28.5 Å². The smallest absolute Gasteiger partial charge is 0.307 e. The minimum atomic E-state index is -1.07. The molecule has 6 heteroatoms. The fourth-order valence-corrected chi connectivity index (χ4v) is 3.77. The van der Waals surface area contributed by atoms with Gasteiger partial charge in [-0.25, -0.2) is 0 Å². The normalized spacial score (nSPS) is 21.8. The van der Waals surface area contributed by atoms with E-state index < -0.39 is 11.6 Å². The first-order valence-electron chi connectivity index (χ1n) is 7.55. The molecule has 1 aliphatic heterocycles. The highest BCUT2D eigenvalue weighted by molar-refractivity contribution is 6.35. The van der Waals surface area contributed by atoms with E-state index in [0.29, 0.717) is 34.8 Å². The third-order valence-electron chi connectivity index (χ3n) is 4.65. The van der Waals surface area contributed by atoms with E-state index in [-0.39, 0.29) is 6.42 Å². The number of fused-ring (bicyclic) bond motifs is 3. The molecule has 2 N–H and O–H groups in total. The molecule has 0 radical (unpaired) electrons. The van der Waals surface area contributed by atoms with Crippen LogP contribution in [-0.4, -0.2) is 22.7 Å². The zero-order valence-electron chi connectivity index (χ0n) is 12.6. The monoisotopic (exact) mass is 340 g/mol. The second-order valence-electron chi connectivity index (χ2n) is 5.91. The Labute approximate surface area is 142 Å². The van der Waals surface area contributed by atoms with Gasteiger partial charge >= 0.3 is 5.97 Å². The molecule has 5 nitrogen and oxygen atoms in total. The number of ether oxygens (including phenoxy) is 1. The van der Waals surface area contributed by atoms with Crippen LogP contribution >= 0.6 is 11.6 Å². The number of aromatic amines is 1. The van der Waals surface area contributed by atoms with E-state index in [4.69, 9.17) is 16.3 Å². The zero-order valence-corrected chi connectivity index (χ0v) is 13.4. The average molecular weight is 341 g/mol. The number of carboxylic acids is 1. The van der Waals surface area contributed by atoms with Gasteiger partial charge in [0.05, 0.1) is 40.9 Å². The lowest BCUT2D eigenvalue weighted by Crippen LogP contribution is -2.40. The van der Waals surface area contributed by atoms with Crippen LogP contribution < -0.4 is 0 Å². The summed E-state index contributed by atoms with van der Waals surface area (Å²) >= 11 is 6.31. The number of carboxylic acid groups (broad SMARTS) is 1.